The zero-order valence-electron chi connectivity index (χ0n) is 28.7. The Labute approximate surface area is 270 Å². The summed E-state index contributed by atoms with van der Waals surface area (Å²) in [6, 6.07) is 6.30. The molecule has 4 rings (SSSR count). The Morgan fingerprint density at radius 1 is 1.22 bits per heavy atom. The van der Waals surface area contributed by atoms with Gasteiger partial charge in [0.2, 0.25) is 5.88 Å². The Morgan fingerprint density at radius 2 is 1.91 bits per heavy atom. The van der Waals surface area contributed by atoms with E-state index in [2.05, 4.69) is 96.7 Å². The second-order valence-corrected chi connectivity index (χ2v) is 14.6. The van der Waals surface area contributed by atoms with Crippen LogP contribution in [0.15, 0.2) is 43.5 Å². The van der Waals surface area contributed by atoms with Gasteiger partial charge in [0.15, 0.2) is 5.82 Å². The molecule has 45 heavy (non-hydrogen) atoms. The molecule has 0 radical (unpaired) electrons. The Balaban J connectivity index is 1.91. The summed E-state index contributed by atoms with van der Waals surface area (Å²) in [4.78, 5) is 24.1. The van der Waals surface area contributed by atoms with Crippen LogP contribution in [-0.2, 0) is 6.42 Å². The SMILES string of the molecule is [C-]#[N+]c1c(CC2C(CC(C)C)CC(CC)CC2C(C)(C)C)c2nc(-c3cc(C)ccc3C)[nH]n2c1OC(=O)N(CC=C)CC=C. The first-order valence-corrected chi connectivity index (χ1v) is 16.6. The van der Waals surface area contributed by atoms with Crippen LogP contribution < -0.4 is 4.74 Å². The summed E-state index contributed by atoms with van der Waals surface area (Å²) < 4.78 is 7.80. The van der Waals surface area contributed by atoms with Gasteiger partial charge in [0.1, 0.15) is 5.65 Å². The van der Waals surface area contributed by atoms with Crippen molar-refractivity contribution >= 4 is 17.4 Å². The van der Waals surface area contributed by atoms with Crippen molar-refractivity contribution in [1.29, 1.82) is 0 Å². The van der Waals surface area contributed by atoms with E-state index in [1.165, 1.54) is 24.2 Å². The molecule has 0 bridgehead atoms. The first-order valence-electron chi connectivity index (χ1n) is 16.6. The number of rotatable bonds is 11. The number of fused-ring (bicyclic) bond motifs is 1. The number of aromatic amines is 1. The molecule has 1 aromatic carbocycles. The molecule has 4 atom stereocenters. The summed E-state index contributed by atoms with van der Waals surface area (Å²) in [6.07, 6.45) is 8.24. The lowest BCUT2D eigenvalue weighted by molar-refractivity contribution is 0.0201. The zero-order valence-corrected chi connectivity index (χ0v) is 28.7. The summed E-state index contributed by atoms with van der Waals surface area (Å²) >= 11 is 0. The summed E-state index contributed by atoms with van der Waals surface area (Å²) in [5, 5.41) is 3.42. The fourth-order valence-electron chi connectivity index (χ4n) is 7.53. The van der Waals surface area contributed by atoms with E-state index in [4.69, 9.17) is 16.3 Å². The Hall–Kier alpha value is -3.79. The zero-order chi connectivity index (χ0) is 33.1. The van der Waals surface area contributed by atoms with Crippen LogP contribution in [0.4, 0.5) is 10.5 Å². The summed E-state index contributed by atoms with van der Waals surface area (Å²) in [6.45, 7) is 34.7. The number of nitrogens with zero attached hydrogens (tertiary/aromatic N) is 4. The molecular weight excluding hydrogens is 558 g/mol. The van der Waals surface area contributed by atoms with Gasteiger partial charge < -0.3 is 9.64 Å². The average Bonchev–Trinajstić information content (AvgIpc) is 3.51. The third-order valence-electron chi connectivity index (χ3n) is 9.76. The molecule has 1 N–H and O–H groups in total. The first-order chi connectivity index (χ1) is 21.3. The molecule has 1 fully saturated rings. The molecule has 242 valence electrons. The summed E-state index contributed by atoms with van der Waals surface area (Å²) in [7, 11) is 0. The largest absolute Gasteiger partial charge is 0.416 e. The van der Waals surface area contributed by atoms with Gasteiger partial charge in [-0.1, -0.05) is 77.8 Å². The standard InChI is InChI=1S/C38H53N5O2/c1-12-17-42(18-13-2)37(44)45-36-33(39-11)31(35-40-34(41-43(35)36)29-20-25(6)15-16-26(29)7)23-30-28(19-24(4)5)21-27(14-3)22-32(30)38(8,9)10/h12-13,15-16,20,24,27-28,30,32H,1-2,14,17-19,21-23H2,3-10H3,(H,40,41). The van der Waals surface area contributed by atoms with E-state index >= 15 is 0 Å². The number of hydrogen-bond donors (Lipinski definition) is 1. The highest BCUT2D eigenvalue weighted by molar-refractivity contribution is 5.80. The van der Waals surface area contributed by atoms with E-state index < -0.39 is 6.09 Å². The van der Waals surface area contributed by atoms with Gasteiger partial charge in [-0.25, -0.2) is 19.1 Å². The molecule has 2 heterocycles. The van der Waals surface area contributed by atoms with Gasteiger partial charge in [0, 0.05) is 24.2 Å². The minimum Gasteiger partial charge on any atom is -0.402 e. The number of nitrogens with one attached hydrogen (secondary N) is 1. The first kappa shape index (κ1) is 34.1. The molecule has 2 aromatic heterocycles. The topological polar surface area (TPSA) is 67.0 Å². The van der Waals surface area contributed by atoms with Gasteiger partial charge in [-0.3, -0.25) is 5.10 Å². The predicted octanol–water partition coefficient (Wildman–Crippen LogP) is 9.97. The quantitative estimate of drug-likeness (QED) is 0.173. The third-order valence-corrected chi connectivity index (χ3v) is 9.76. The van der Waals surface area contributed by atoms with E-state index in [9.17, 15) is 4.79 Å². The van der Waals surface area contributed by atoms with Gasteiger partial charge in [-0.15, -0.1) is 13.2 Å². The van der Waals surface area contributed by atoms with Crippen LogP contribution in [0, 0.1) is 55.4 Å². The molecule has 1 amide bonds. The van der Waals surface area contributed by atoms with E-state index in [1.54, 1.807) is 16.7 Å². The molecule has 1 saturated carbocycles. The number of hydrogen-bond acceptors (Lipinski definition) is 3. The molecule has 7 heteroatoms. The van der Waals surface area contributed by atoms with Gasteiger partial charge >= 0.3 is 6.09 Å². The lowest BCUT2D eigenvalue weighted by atomic mass is 9.57. The van der Waals surface area contributed by atoms with Gasteiger partial charge in [0.25, 0.3) is 5.69 Å². The second-order valence-electron chi connectivity index (χ2n) is 14.6. The van der Waals surface area contributed by atoms with Crippen molar-refractivity contribution in [3.8, 4) is 17.3 Å². The van der Waals surface area contributed by atoms with Crippen LogP contribution in [-0.4, -0.2) is 38.7 Å². The van der Waals surface area contributed by atoms with Crippen molar-refractivity contribution in [2.75, 3.05) is 13.1 Å². The third kappa shape index (κ3) is 7.38. The van der Waals surface area contributed by atoms with Gasteiger partial charge in [0.05, 0.1) is 6.57 Å². The van der Waals surface area contributed by atoms with E-state index in [0.717, 1.165) is 28.7 Å². The van der Waals surface area contributed by atoms with Crippen LogP contribution in [0.25, 0.3) is 21.9 Å². The van der Waals surface area contributed by atoms with Crippen LogP contribution in [0.1, 0.15) is 83.9 Å². The molecular formula is C38H53N5O2. The number of carbonyl (C=O) groups is 1. The molecule has 0 saturated heterocycles. The van der Waals surface area contributed by atoms with E-state index in [1.807, 2.05) is 0 Å². The lowest BCUT2D eigenvalue weighted by Gasteiger charge is -2.48. The Kier molecular flexibility index (Phi) is 10.7. The summed E-state index contributed by atoms with van der Waals surface area (Å²) in [5.41, 5.74) is 5.21. The number of carbonyl (C=O) groups excluding carboxylic acids is 1. The molecule has 0 aliphatic heterocycles. The summed E-state index contributed by atoms with van der Waals surface area (Å²) in [5.74, 6) is 3.59. The minimum absolute atomic E-state index is 0.117. The normalized spacial score (nSPS) is 20.3. The van der Waals surface area contributed by atoms with Crippen molar-refractivity contribution in [3.05, 3.63) is 71.6 Å². The molecule has 3 aromatic rings. The van der Waals surface area contributed by atoms with Crippen LogP contribution >= 0.6 is 0 Å². The molecule has 7 nitrogen and oxygen atoms in total. The Bertz CT molecular complexity index is 1550. The highest BCUT2D eigenvalue weighted by Crippen LogP contribution is 2.52. The fraction of sp³-hybridized carbons (Fsp3) is 0.553. The van der Waals surface area contributed by atoms with Gasteiger partial charge in [-0.2, -0.15) is 0 Å². The lowest BCUT2D eigenvalue weighted by Crippen LogP contribution is -2.41. The second kappa shape index (κ2) is 14.1. The smallest absolute Gasteiger partial charge is 0.402 e. The van der Waals surface area contributed by atoms with Crippen molar-refractivity contribution in [2.24, 2.45) is 35.0 Å². The maximum absolute atomic E-state index is 13.5. The molecule has 1 aliphatic rings. The fourth-order valence-corrected chi connectivity index (χ4v) is 7.53. The number of benzene rings is 1. The number of H-pyrrole nitrogens is 1. The van der Waals surface area contributed by atoms with Crippen LogP contribution in [0.3, 0.4) is 0 Å². The average molecular weight is 612 g/mol. The minimum atomic E-state index is -0.553. The number of ether oxygens (including phenoxy) is 1. The van der Waals surface area contributed by atoms with E-state index in [-0.39, 0.29) is 11.3 Å². The highest BCUT2D eigenvalue weighted by Gasteiger charge is 2.43. The number of aryl methyl sites for hydroxylation is 2. The molecule has 0 spiro atoms. The van der Waals surface area contributed by atoms with E-state index in [0.29, 0.717) is 66.3 Å². The molecule has 1 aliphatic carbocycles. The highest BCUT2D eigenvalue weighted by atomic mass is 16.6. The van der Waals surface area contributed by atoms with Crippen molar-refractivity contribution in [2.45, 2.75) is 87.5 Å². The van der Waals surface area contributed by atoms with Crippen molar-refractivity contribution in [1.82, 2.24) is 19.5 Å². The van der Waals surface area contributed by atoms with Crippen molar-refractivity contribution in [3.63, 3.8) is 0 Å². The maximum atomic E-state index is 13.5. The molecule has 4 unspecified atom stereocenters. The predicted molar refractivity (Wildman–Crippen MR) is 185 cm³/mol. The van der Waals surface area contributed by atoms with Gasteiger partial charge in [-0.05, 0) is 86.2 Å². The number of amides is 1. The van der Waals surface area contributed by atoms with Crippen LogP contribution in [0.2, 0.25) is 0 Å². The Morgan fingerprint density at radius 3 is 2.49 bits per heavy atom. The number of aromatic nitrogens is 3. The van der Waals surface area contributed by atoms with Crippen LogP contribution in [0.5, 0.6) is 5.88 Å². The monoisotopic (exact) mass is 611 g/mol. The maximum Gasteiger partial charge on any atom is 0.416 e. The van der Waals surface area contributed by atoms with Crippen molar-refractivity contribution < 1.29 is 9.53 Å².